The summed E-state index contributed by atoms with van der Waals surface area (Å²) in [5.74, 6) is -2.35. The number of aliphatic hydroxyl groups excluding tert-OH is 1. The van der Waals surface area contributed by atoms with E-state index in [1.54, 1.807) is 0 Å². The Kier molecular flexibility index (Phi) is 4.14. The summed E-state index contributed by atoms with van der Waals surface area (Å²) in [7, 11) is -4.32. The van der Waals surface area contributed by atoms with E-state index in [9.17, 15) is 22.7 Å². The highest BCUT2D eigenvalue weighted by atomic mass is 79.9. The van der Waals surface area contributed by atoms with Crippen molar-refractivity contribution in [1.29, 1.82) is 0 Å². The summed E-state index contributed by atoms with van der Waals surface area (Å²) in [4.78, 5) is 10.4. The lowest BCUT2D eigenvalue weighted by atomic mass is 10.2. The first-order valence-corrected chi connectivity index (χ1v) is 7.84. The molecule has 1 aromatic rings. The molecule has 6 nitrogen and oxygen atoms in total. The predicted molar refractivity (Wildman–Crippen MR) is 70.0 cm³/mol. The third-order valence-electron chi connectivity index (χ3n) is 3.00. The number of halogens is 2. The van der Waals surface area contributed by atoms with Crippen molar-refractivity contribution in [2.75, 3.05) is 6.54 Å². The van der Waals surface area contributed by atoms with E-state index >= 15 is 0 Å². The van der Waals surface area contributed by atoms with Gasteiger partial charge in [-0.05, 0) is 18.2 Å². The topological polar surface area (TPSA) is 94.9 Å². The van der Waals surface area contributed by atoms with Gasteiger partial charge in [0.1, 0.15) is 16.8 Å². The van der Waals surface area contributed by atoms with E-state index in [0.29, 0.717) is 8.78 Å². The third kappa shape index (κ3) is 2.71. The second-order valence-corrected chi connectivity index (χ2v) is 7.17. The zero-order valence-electron chi connectivity index (χ0n) is 10.0. The molecule has 2 N–H and O–H groups in total. The predicted octanol–water partition coefficient (Wildman–Crippen LogP) is 0.797. The maximum atomic E-state index is 13.8. The first kappa shape index (κ1) is 15.4. The molecule has 2 rings (SSSR count). The minimum atomic E-state index is -4.32. The van der Waals surface area contributed by atoms with Crippen LogP contribution < -0.4 is 0 Å². The molecule has 9 heteroatoms. The highest BCUT2D eigenvalue weighted by Crippen LogP contribution is 2.29. The standard InChI is InChI=1S/C11H11BrFNO5S/c12-6-1-2-10(8(13)3-6)20(18,19)14-5-7(15)4-9(14)11(16)17/h1-3,7,9,15H,4-5H2,(H,16,17)/t7?,9-/m0/s1. The van der Waals surface area contributed by atoms with Crippen molar-refractivity contribution < 1.29 is 27.8 Å². The van der Waals surface area contributed by atoms with Crippen LogP contribution in [0.15, 0.2) is 27.6 Å². The number of carboxylic acid groups (broad SMARTS) is 1. The fourth-order valence-electron chi connectivity index (χ4n) is 2.09. The normalized spacial score (nSPS) is 23.9. The van der Waals surface area contributed by atoms with Crippen molar-refractivity contribution in [2.24, 2.45) is 0 Å². The first-order valence-electron chi connectivity index (χ1n) is 5.61. The van der Waals surface area contributed by atoms with Gasteiger partial charge in [0.2, 0.25) is 10.0 Å². The number of β-amino-alcohol motifs (C(OH)–C–C–N with tert-alkyl or cyclic N) is 1. The number of hydrogen-bond donors (Lipinski definition) is 2. The van der Waals surface area contributed by atoms with Crippen molar-refractivity contribution in [3.63, 3.8) is 0 Å². The van der Waals surface area contributed by atoms with Crippen LogP contribution in [0, 0.1) is 5.82 Å². The minimum Gasteiger partial charge on any atom is -0.480 e. The maximum absolute atomic E-state index is 13.8. The smallest absolute Gasteiger partial charge is 0.322 e. The largest absolute Gasteiger partial charge is 0.480 e. The maximum Gasteiger partial charge on any atom is 0.322 e. The van der Waals surface area contributed by atoms with E-state index in [0.717, 1.165) is 12.1 Å². The van der Waals surface area contributed by atoms with Crippen LogP contribution in [0.4, 0.5) is 4.39 Å². The summed E-state index contributed by atoms with van der Waals surface area (Å²) in [6.07, 6.45) is -1.29. The van der Waals surface area contributed by atoms with Crippen molar-refractivity contribution in [3.8, 4) is 0 Å². The summed E-state index contributed by atoms with van der Waals surface area (Å²) in [6, 6.07) is 1.99. The molecule has 0 spiro atoms. The quantitative estimate of drug-likeness (QED) is 0.823. The second kappa shape index (κ2) is 5.40. The highest BCUT2D eigenvalue weighted by molar-refractivity contribution is 9.10. The molecular weight excluding hydrogens is 357 g/mol. The Morgan fingerprint density at radius 1 is 1.45 bits per heavy atom. The van der Waals surface area contributed by atoms with Gasteiger partial charge in [-0.15, -0.1) is 0 Å². The SMILES string of the molecule is O=C(O)[C@@H]1CC(O)CN1S(=O)(=O)c1ccc(Br)cc1F. The molecule has 0 saturated carbocycles. The molecule has 2 atom stereocenters. The second-order valence-electron chi connectivity index (χ2n) is 4.39. The van der Waals surface area contributed by atoms with Crippen LogP contribution in [0.1, 0.15) is 6.42 Å². The number of aliphatic carboxylic acids is 1. The van der Waals surface area contributed by atoms with Crippen LogP contribution in [-0.4, -0.2) is 47.6 Å². The molecule has 0 aliphatic carbocycles. The van der Waals surface area contributed by atoms with Gasteiger partial charge >= 0.3 is 5.97 Å². The summed E-state index contributed by atoms with van der Waals surface area (Å²) in [5.41, 5.74) is 0. The van der Waals surface area contributed by atoms with Gasteiger partial charge < -0.3 is 10.2 Å². The number of rotatable bonds is 3. The van der Waals surface area contributed by atoms with Crippen molar-refractivity contribution in [2.45, 2.75) is 23.5 Å². The number of hydrogen-bond acceptors (Lipinski definition) is 4. The number of carbonyl (C=O) groups is 1. The van der Waals surface area contributed by atoms with Crippen LogP contribution >= 0.6 is 15.9 Å². The minimum absolute atomic E-state index is 0.216. The van der Waals surface area contributed by atoms with Gasteiger partial charge in [-0.3, -0.25) is 4.79 Å². The lowest BCUT2D eigenvalue weighted by molar-refractivity contribution is -0.140. The van der Waals surface area contributed by atoms with E-state index in [1.165, 1.54) is 6.07 Å². The Bertz CT molecular complexity index is 650. The monoisotopic (exact) mass is 367 g/mol. The molecule has 1 aliphatic rings. The van der Waals surface area contributed by atoms with E-state index < -0.39 is 38.9 Å². The summed E-state index contributed by atoms with van der Waals surface area (Å²) < 4.78 is 39.4. The van der Waals surface area contributed by atoms with Crippen LogP contribution in [0.3, 0.4) is 0 Å². The number of aliphatic hydroxyl groups is 1. The highest BCUT2D eigenvalue weighted by Gasteiger charge is 2.44. The van der Waals surface area contributed by atoms with Crippen LogP contribution in [0.2, 0.25) is 0 Å². The van der Waals surface area contributed by atoms with Gasteiger partial charge in [0.25, 0.3) is 0 Å². The number of sulfonamides is 1. The number of benzene rings is 1. The number of nitrogens with zero attached hydrogens (tertiary/aromatic N) is 1. The molecule has 1 aromatic carbocycles. The molecule has 1 aliphatic heterocycles. The molecule has 1 saturated heterocycles. The zero-order chi connectivity index (χ0) is 15.1. The van der Waals surface area contributed by atoms with Gasteiger partial charge in [-0.25, -0.2) is 12.8 Å². The van der Waals surface area contributed by atoms with Crippen molar-refractivity contribution in [3.05, 3.63) is 28.5 Å². The van der Waals surface area contributed by atoms with Crippen molar-refractivity contribution in [1.82, 2.24) is 4.31 Å². The van der Waals surface area contributed by atoms with Gasteiger partial charge in [-0.2, -0.15) is 4.31 Å². The third-order valence-corrected chi connectivity index (χ3v) is 5.40. The van der Waals surface area contributed by atoms with Gasteiger partial charge in [-0.1, -0.05) is 15.9 Å². The molecule has 110 valence electrons. The molecule has 0 aromatic heterocycles. The summed E-state index contributed by atoms with van der Waals surface area (Å²) in [5, 5.41) is 18.5. The van der Waals surface area contributed by atoms with Gasteiger partial charge in [0.15, 0.2) is 0 Å². The Morgan fingerprint density at radius 2 is 2.10 bits per heavy atom. The van der Waals surface area contributed by atoms with E-state index in [4.69, 9.17) is 5.11 Å². The van der Waals surface area contributed by atoms with E-state index in [1.807, 2.05) is 0 Å². The Hall–Kier alpha value is -1.03. The molecule has 20 heavy (non-hydrogen) atoms. The molecular formula is C11H11BrFNO5S. The summed E-state index contributed by atoms with van der Waals surface area (Å²) in [6.45, 7) is -0.366. The lowest BCUT2D eigenvalue weighted by Crippen LogP contribution is -2.40. The Morgan fingerprint density at radius 3 is 2.65 bits per heavy atom. The van der Waals surface area contributed by atoms with Gasteiger partial charge in [0, 0.05) is 17.4 Å². The van der Waals surface area contributed by atoms with E-state index in [-0.39, 0.29) is 13.0 Å². The molecule has 0 amide bonds. The fourth-order valence-corrected chi connectivity index (χ4v) is 4.10. The zero-order valence-corrected chi connectivity index (χ0v) is 12.4. The van der Waals surface area contributed by atoms with E-state index in [2.05, 4.69) is 15.9 Å². The van der Waals surface area contributed by atoms with Crippen LogP contribution in [-0.2, 0) is 14.8 Å². The Balaban J connectivity index is 2.46. The van der Waals surface area contributed by atoms with Crippen LogP contribution in [0.5, 0.6) is 0 Å². The molecule has 0 bridgehead atoms. The fraction of sp³-hybridized carbons (Fsp3) is 0.364. The summed E-state index contributed by atoms with van der Waals surface area (Å²) >= 11 is 3.01. The average Bonchev–Trinajstić information content (AvgIpc) is 2.71. The Labute approximate surface area is 123 Å². The molecule has 1 fully saturated rings. The first-order chi connectivity index (χ1) is 9.23. The van der Waals surface area contributed by atoms with Crippen molar-refractivity contribution >= 4 is 31.9 Å². The lowest BCUT2D eigenvalue weighted by Gasteiger charge is -2.21. The molecule has 0 radical (unpaired) electrons. The average molecular weight is 368 g/mol. The van der Waals surface area contributed by atoms with Crippen LogP contribution in [0.25, 0.3) is 0 Å². The molecule has 1 unspecified atom stereocenters. The number of carboxylic acids is 1. The molecule has 1 heterocycles. The van der Waals surface area contributed by atoms with Gasteiger partial charge in [0.05, 0.1) is 6.10 Å².